The molecule has 2 rings (SSSR count). The van der Waals surface area contributed by atoms with Crippen LogP contribution in [0.2, 0.25) is 0 Å². The fraction of sp³-hybridized carbons (Fsp3) is 0.900. The van der Waals surface area contributed by atoms with Gasteiger partial charge in [-0.05, 0) is 30.6 Å². The predicted octanol–water partition coefficient (Wildman–Crippen LogP) is 1.52. The van der Waals surface area contributed by atoms with Crippen molar-refractivity contribution in [3.8, 4) is 0 Å². The van der Waals surface area contributed by atoms with E-state index < -0.39 is 5.97 Å². The van der Waals surface area contributed by atoms with Crippen molar-refractivity contribution in [2.24, 2.45) is 17.3 Å². The molecule has 0 aromatic heterocycles. The summed E-state index contributed by atoms with van der Waals surface area (Å²) in [5, 5.41) is 8.88. The van der Waals surface area contributed by atoms with E-state index in [9.17, 15) is 4.79 Å². The Bertz CT molecular complexity index is 220. The molecule has 0 spiro atoms. The Morgan fingerprint density at radius 1 is 1.62 bits per heavy atom. The smallest absolute Gasteiger partial charge is 0.307 e. The van der Waals surface area contributed by atoms with E-state index in [1.54, 1.807) is 0 Å². The van der Waals surface area contributed by atoms with Gasteiger partial charge >= 0.3 is 5.97 Å². The summed E-state index contributed by atoms with van der Waals surface area (Å²) >= 11 is 0. The number of hydrogen-bond donors (Lipinski definition) is 1. The third-order valence-electron chi connectivity index (χ3n) is 3.67. The molecule has 74 valence electrons. The van der Waals surface area contributed by atoms with Crippen LogP contribution in [0.3, 0.4) is 0 Å². The molecule has 0 aromatic rings. The van der Waals surface area contributed by atoms with Crippen LogP contribution >= 0.6 is 0 Å². The average molecular weight is 184 g/mol. The van der Waals surface area contributed by atoms with E-state index in [1.165, 1.54) is 0 Å². The number of hydrogen-bond acceptors (Lipinski definition) is 2. The highest BCUT2D eigenvalue weighted by atomic mass is 16.5. The third kappa shape index (κ3) is 1.46. The highest BCUT2D eigenvalue weighted by Crippen LogP contribution is 2.59. The lowest BCUT2D eigenvalue weighted by atomic mass is 9.84. The Morgan fingerprint density at radius 3 is 2.85 bits per heavy atom. The van der Waals surface area contributed by atoms with Crippen LogP contribution in [0.1, 0.15) is 26.2 Å². The van der Waals surface area contributed by atoms with Crippen LogP contribution in [0.5, 0.6) is 0 Å². The monoisotopic (exact) mass is 184 g/mol. The standard InChI is InChI=1S/C10H16O3/c1-10(5-8(10)9(11)12)7-3-2-4-13-6-7/h7-8H,2-6H2,1H3,(H,11,12)/t7?,8-,10-/m1/s1. The summed E-state index contributed by atoms with van der Waals surface area (Å²) in [5.41, 5.74) is 0.0340. The van der Waals surface area contributed by atoms with Crippen LogP contribution in [0.25, 0.3) is 0 Å². The molecule has 1 aliphatic carbocycles. The molecule has 0 aromatic carbocycles. The second-order valence-corrected chi connectivity index (χ2v) is 4.51. The Balaban J connectivity index is 1.97. The molecule has 3 heteroatoms. The average Bonchev–Trinajstić information content (AvgIpc) is 2.82. The number of carboxylic acids is 1. The first-order chi connectivity index (χ1) is 6.14. The number of ether oxygens (including phenoxy) is 1. The van der Waals surface area contributed by atoms with Gasteiger partial charge in [-0.1, -0.05) is 6.92 Å². The van der Waals surface area contributed by atoms with E-state index in [2.05, 4.69) is 6.92 Å². The highest BCUT2D eigenvalue weighted by Gasteiger charge is 2.59. The van der Waals surface area contributed by atoms with Gasteiger partial charge in [-0.25, -0.2) is 0 Å². The zero-order valence-electron chi connectivity index (χ0n) is 7.95. The lowest BCUT2D eigenvalue weighted by molar-refractivity contribution is -0.140. The van der Waals surface area contributed by atoms with Gasteiger partial charge in [-0.2, -0.15) is 0 Å². The number of carboxylic acid groups (broad SMARTS) is 1. The molecule has 1 saturated carbocycles. The van der Waals surface area contributed by atoms with Crippen molar-refractivity contribution in [2.45, 2.75) is 26.2 Å². The van der Waals surface area contributed by atoms with Crippen molar-refractivity contribution >= 4 is 5.97 Å². The second-order valence-electron chi connectivity index (χ2n) is 4.51. The van der Waals surface area contributed by atoms with Gasteiger partial charge in [0.2, 0.25) is 0 Å². The summed E-state index contributed by atoms with van der Waals surface area (Å²) in [6.07, 6.45) is 3.07. The second kappa shape index (κ2) is 2.98. The minimum atomic E-state index is -0.631. The van der Waals surface area contributed by atoms with Crippen molar-refractivity contribution in [2.75, 3.05) is 13.2 Å². The van der Waals surface area contributed by atoms with Crippen LogP contribution in [0.4, 0.5) is 0 Å². The van der Waals surface area contributed by atoms with Crippen LogP contribution < -0.4 is 0 Å². The molecule has 1 heterocycles. The summed E-state index contributed by atoms with van der Waals surface area (Å²) in [5.74, 6) is -0.269. The Kier molecular flexibility index (Phi) is 2.06. The van der Waals surface area contributed by atoms with Crippen LogP contribution in [0, 0.1) is 17.3 Å². The molecule has 0 bridgehead atoms. The summed E-state index contributed by atoms with van der Waals surface area (Å²) in [6.45, 7) is 3.70. The van der Waals surface area contributed by atoms with E-state index in [4.69, 9.17) is 9.84 Å². The van der Waals surface area contributed by atoms with Gasteiger partial charge in [0.05, 0.1) is 5.92 Å². The largest absolute Gasteiger partial charge is 0.481 e. The summed E-state index contributed by atoms with van der Waals surface area (Å²) in [7, 11) is 0. The van der Waals surface area contributed by atoms with Crippen molar-refractivity contribution in [3.63, 3.8) is 0 Å². The van der Waals surface area contributed by atoms with Gasteiger partial charge in [-0.15, -0.1) is 0 Å². The predicted molar refractivity (Wildman–Crippen MR) is 47.4 cm³/mol. The van der Waals surface area contributed by atoms with E-state index in [0.717, 1.165) is 32.5 Å². The first kappa shape index (κ1) is 9.00. The molecular formula is C10H16O3. The Morgan fingerprint density at radius 2 is 2.38 bits per heavy atom. The van der Waals surface area contributed by atoms with Crippen molar-refractivity contribution < 1.29 is 14.6 Å². The first-order valence-corrected chi connectivity index (χ1v) is 4.95. The van der Waals surface area contributed by atoms with E-state index in [0.29, 0.717) is 5.92 Å². The van der Waals surface area contributed by atoms with Crippen molar-refractivity contribution in [3.05, 3.63) is 0 Å². The summed E-state index contributed by atoms with van der Waals surface area (Å²) in [4.78, 5) is 10.8. The van der Waals surface area contributed by atoms with Gasteiger partial charge in [0.25, 0.3) is 0 Å². The first-order valence-electron chi connectivity index (χ1n) is 4.95. The molecule has 1 saturated heterocycles. The molecule has 2 aliphatic rings. The van der Waals surface area contributed by atoms with Gasteiger partial charge in [0.1, 0.15) is 0 Å². The topological polar surface area (TPSA) is 46.5 Å². The molecule has 2 fully saturated rings. The SMILES string of the molecule is C[C@]1(C2CCCOC2)C[C@@H]1C(=O)O. The molecule has 1 unspecified atom stereocenters. The fourth-order valence-corrected chi connectivity index (χ4v) is 2.46. The number of rotatable bonds is 2. The maximum Gasteiger partial charge on any atom is 0.307 e. The quantitative estimate of drug-likeness (QED) is 0.707. The summed E-state index contributed by atoms with van der Waals surface area (Å²) in [6, 6.07) is 0. The Hall–Kier alpha value is -0.570. The highest BCUT2D eigenvalue weighted by molar-refractivity contribution is 5.74. The lowest BCUT2D eigenvalue weighted by Gasteiger charge is -2.28. The lowest BCUT2D eigenvalue weighted by Crippen LogP contribution is -2.27. The zero-order valence-corrected chi connectivity index (χ0v) is 7.95. The Labute approximate surface area is 78.1 Å². The molecule has 0 radical (unpaired) electrons. The zero-order chi connectivity index (χ0) is 9.47. The van der Waals surface area contributed by atoms with Gasteiger partial charge in [0, 0.05) is 13.2 Å². The van der Waals surface area contributed by atoms with Crippen LogP contribution in [-0.4, -0.2) is 24.3 Å². The van der Waals surface area contributed by atoms with Gasteiger partial charge in [-0.3, -0.25) is 4.79 Å². The number of carbonyl (C=O) groups is 1. The normalized spacial score (nSPS) is 44.4. The molecule has 3 atom stereocenters. The maximum atomic E-state index is 10.8. The molecule has 0 amide bonds. The molecule has 3 nitrogen and oxygen atoms in total. The van der Waals surface area contributed by atoms with Crippen molar-refractivity contribution in [1.29, 1.82) is 0 Å². The fourth-order valence-electron chi connectivity index (χ4n) is 2.46. The van der Waals surface area contributed by atoms with Crippen LogP contribution in [0.15, 0.2) is 0 Å². The molecule has 1 N–H and O–H groups in total. The molecule has 13 heavy (non-hydrogen) atoms. The minimum absolute atomic E-state index is 0.0340. The molecular weight excluding hydrogens is 168 g/mol. The number of aliphatic carboxylic acids is 1. The van der Waals surface area contributed by atoms with E-state index >= 15 is 0 Å². The van der Waals surface area contributed by atoms with Crippen molar-refractivity contribution in [1.82, 2.24) is 0 Å². The minimum Gasteiger partial charge on any atom is -0.481 e. The third-order valence-corrected chi connectivity index (χ3v) is 3.67. The maximum absolute atomic E-state index is 10.8. The van der Waals surface area contributed by atoms with E-state index in [-0.39, 0.29) is 11.3 Å². The van der Waals surface area contributed by atoms with E-state index in [1.807, 2.05) is 0 Å². The van der Waals surface area contributed by atoms with Gasteiger partial charge in [0.15, 0.2) is 0 Å². The molecule has 1 aliphatic heterocycles. The van der Waals surface area contributed by atoms with Gasteiger partial charge < -0.3 is 9.84 Å². The van der Waals surface area contributed by atoms with Crippen LogP contribution in [-0.2, 0) is 9.53 Å². The summed E-state index contributed by atoms with van der Waals surface area (Å²) < 4.78 is 5.38.